The minimum Gasteiger partial charge on any atom is -0.507 e. The lowest BCUT2D eigenvalue weighted by Crippen LogP contribution is -2.31. The lowest BCUT2D eigenvalue weighted by atomic mass is 9.73. The van der Waals surface area contributed by atoms with Gasteiger partial charge in [-0.15, -0.1) is 20.2 Å². The van der Waals surface area contributed by atoms with Gasteiger partial charge in [0.05, 0.1) is 25.2 Å². The number of benzene rings is 1. The molecular formula is C28H38N2O11. The first kappa shape index (κ1) is 33.0. The predicted molar refractivity (Wildman–Crippen MR) is 146 cm³/mol. The lowest BCUT2D eigenvalue weighted by molar-refractivity contribution is -0.757. The highest BCUT2D eigenvalue weighted by Gasteiger charge is 2.36. The van der Waals surface area contributed by atoms with Gasteiger partial charge < -0.3 is 24.3 Å². The van der Waals surface area contributed by atoms with Crippen molar-refractivity contribution in [2.24, 2.45) is 5.92 Å². The van der Waals surface area contributed by atoms with Gasteiger partial charge in [0.1, 0.15) is 11.5 Å². The summed E-state index contributed by atoms with van der Waals surface area (Å²) >= 11 is 0. The summed E-state index contributed by atoms with van der Waals surface area (Å²) < 4.78 is 11.1. The molecule has 0 saturated heterocycles. The molecule has 226 valence electrons. The van der Waals surface area contributed by atoms with E-state index in [1.165, 1.54) is 12.1 Å². The van der Waals surface area contributed by atoms with E-state index in [4.69, 9.17) is 9.47 Å². The number of carbonyl (C=O) groups is 2. The Balaban J connectivity index is 2.36. The van der Waals surface area contributed by atoms with E-state index >= 15 is 0 Å². The van der Waals surface area contributed by atoms with Crippen molar-refractivity contribution in [1.29, 1.82) is 0 Å². The van der Waals surface area contributed by atoms with Crippen LogP contribution in [-0.4, -0.2) is 47.0 Å². The Bertz CT molecular complexity index is 1180. The summed E-state index contributed by atoms with van der Waals surface area (Å²) in [5.74, 6) is -1.76. The van der Waals surface area contributed by atoms with Crippen LogP contribution in [0.15, 0.2) is 35.9 Å². The Morgan fingerprint density at radius 3 is 2.29 bits per heavy atom. The molecule has 2 atom stereocenters. The number of phenols is 1. The van der Waals surface area contributed by atoms with Gasteiger partial charge in [0.15, 0.2) is 0 Å². The third-order valence-corrected chi connectivity index (χ3v) is 6.98. The third kappa shape index (κ3) is 9.76. The van der Waals surface area contributed by atoms with Crippen molar-refractivity contribution in [2.45, 2.75) is 77.6 Å². The summed E-state index contributed by atoms with van der Waals surface area (Å²) in [5.41, 5.74) is 1.47. The number of phenolic OH excluding ortho intramolecular Hbond substituents is 1. The zero-order valence-electron chi connectivity index (χ0n) is 23.9. The van der Waals surface area contributed by atoms with Gasteiger partial charge in [0, 0.05) is 17.9 Å². The number of allylic oxidation sites excluding steroid dienone is 3. The molecule has 13 nitrogen and oxygen atoms in total. The highest BCUT2D eigenvalue weighted by Crippen LogP contribution is 2.48. The third-order valence-electron chi connectivity index (χ3n) is 6.98. The molecule has 0 amide bonds. The van der Waals surface area contributed by atoms with E-state index in [1.807, 2.05) is 19.9 Å². The van der Waals surface area contributed by atoms with Crippen LogP contribution in [0.2, 0.25) is 0 Å². The first-order chi connectivity index (χ1) is 19.2. The van der Waals surface area contributed by atoms with Gasteiger partial charge in [0.25, 0.3) is 10.2 Å². The van der Waals surface area contributed by atoms with Crippen LogP contribution in [0.1, 0.15) is 83.3 Å². The molecule has 0 bridgehead atoms. The molecule has 0 aliphatic heterocycles. The van der Waals surface area contributed by atoms with Gasteiger partial charge in [-0.05, 0) is 83.4 Å². The van der Waals surface area contributed by atoms with Crippen molar-refractivity contribution >= 4 is 11.9 Å². The van der Waals surface area contributed by atoms with E-state index in [1.54, 1.807) is 13.8 Å². The zero-order chi connectivity index (χ0) is 30.7. The van der Waals surface area contributed by atoms with Crippen LogP contribution in [0.25, 0.3) is 0 Å². The van der Waals surface area contributed by atoms with Gasteiger partial charge in [-0.1, -0.05) is 23.8 Å². The Labute approximate surface area is 238 Å². The normalized spacial score (nSPS) is 16.7. The fourth-order valence-corrected chi connectivity index (χ4v) is 4.63. The van der Waals surface area contributed by atoms with E-state index in [-0.39, 0.29) is 56.0 Å². The van der Waals surface area contributed by atoms with E-state index in [0.29, 0.717) is 24.0 Å². The molecule has 41 heavy (non-hydrogen) atoms. The van der Waals surface area contributed by atoms with Gasteiger partial charge in [-0.25, -0.2) is 0 Å². The van der Waals surface area contributed by atoms with Crippen molar-refractivity contribution < 1.29 is 44.0 Å². The summed E-state index contributed by atoms with van der Waals surface area (Å²) in [6, 6.07) is 2.98. The minimum absolute atomic E-state index is 0.00784. The highest BCUT2D eigenvalue weighted by atomic mass is 17.0. The number of carbonyl (C=O) groups excluding carboxylic acids is 2. The molecule has 0 heterocycles. The summed E-state index contributed by atoms with van der Waals surface area (Å²) in [4.78, 5) is 54.9. The number of ether oxygens (including phenoxy) is 2. The number of rotatable bonds is 16. The summed E-state index contributed by atoms with van der Waals surface area (Å²) in [7, 11) is 0. The van der Waals surface area contributed by atoms with Crippen LogP contribution >= 0.6 is 0 Å². The minimum atomic E-state index is -1.26. The maximum atomic E-state index is 13.0. The summed E-state index contributed by atoms with van der Waals surface area (Å²) in [5, 5.41) is 30.1. The topological polar surface area (TPSA) is 178 Å². The number of unbranched alkanes of at least 4 members (excludes halogenated alkanes) is 1. The predicted octanol–water partition coefficient (Wildman–Crippen LogP) is 5.11. The van der Waals surface area contributed by atoms with Crippen LogP contribution < -0.4 is 4.74 Å². The molecule has 0 fully saturated rings. The van der Waals surface area contributed by atoms with E-state index in [2.05, 4.69) is 16.3 Å². The van der Waals surface area contributed by atoms with Gasteiger partial charge in [-0.2, -0.15) is 0 Å². The fourth-order valence-electron chi connectivity index (χ4n) is 4.63. The Kier molecular flexibility index (Phi) is 12.1. The number of aromatic hydroxyl groups is 1. The average molecular weight is 579 g/mol. The largest absolute Gasteiger partial charge is 0.507 e. The summed E-state index contributed by atoms with van der Waals surface area (Å²) in [6.45, 7) is 10.8. The van der Waals surface area contributed by atoms with E-state index in [9.17, 15) is 34.9 Å². The molecule has 13 heteroatoms. The van der Waals surface area contributed by atoms with Gasteiger partial charge >= 0.3 is 11.9 Å². The standard InChI is InChI=1S/C28H38N2O11/c1-18(2)21-11-10-19(3)15-22(21)26-23(31)16-20(17-24(26)41-25(32)9-8-14-40-30(36)37)28(4,5)27(33)38-12-6-7-13-39-29(34)35/h15-17,21-22,31H,1,6-14H2,2-5H3. The second kappa shape index (κ2) is 15.0. The average Bonchev–Trinajstić information content (AvgIpc) is 2.87. The second-order valence-electron chi connectivity index (χ2n) is 10.6. The van der Waals surface area contributed by atoms with Crippen LogP contribution in [0.4, 0.5) is 0 Å². The molecule has 1 N–H and O–H groups in total. The van der Waals surface area contributed by atoms with Crippen molar-refractivity contribution in [2.75, 3.05) is 19.8 Å². The van der Waals surface area contributed by atoms with Crippen LogP contribution in [0, 0.1) is 26.1 Å². The molecule has 1 aromatic rings. The van der Waals surface area contributed by atoms with E-state index < -0.39 is 27.5 Å². The first-order valence-corrected chi connectivity index (χ1v) is 13.4. The number of esters is 2. The lowest BCUT2D eigenvalue weighted by Gasteiger charge is -2.33. The quantitative estimate of drug-likeness (QED) is 0.0688. The number of hydrogen-bond donors (Lipinski definition) is 1. The van der Waals surface area contributed by atoms with Crippen LogP contribution in [-0.2, 0) is 29.4 Å². The van der Waals surface area contributed by atoms with Crippen LogP contribution in [0.5, 0.6) is 11.5 Å². The van der Waals surface area contributed by atoms with Gasteiger partial charge in [0.2, 0.25) is 0 Å². The maximum Gasteiger partial charge on any atom is 0.315 e. The monoisotopic (exact) mass is 578 g/mol. The fraction of sp³-hybridized carbons (Fsp3) is 0.571. The molecule has 2 rings (SSSR count). The van der Waals surface area contributed by atoms with Crippen molar-refractivity contribution in [3.8, 4) is 11.5 Å². The number of hydrogen-bond acceptors (Lipinski definition) is 11. The Morgan fingerprint density at radius 2 is 1.68 bits per heavy atom. The Morgan fingerprint density at radius 1 is 1.07 bits per heavy atom. The van der Waals surface area contributed by atoms with Crippen molar-refractivity contribution in [1.82, 2.24) is 0 Å². The molecule has 1 aliphatic rings. The first-order valence-electron chi connectivity index (χ1n) is 13.4. The highest BCUT2D eigenvalue weighted by molar-refractivity contribution is 5.83. The molecule has 0 saturated carbocycles. The molecule has 0 radical (unpaired) electrons. The zero-order valence-corrected chi connectivity index (χ0v) is 23.9. The molecule has 0 spiro atoms. The molecule has 0 aromatic heterocycles. The van der Waals surface area contributed by atoms with Crippen LogP contribution in [0.3, 0.4) is 0 Å². The Hall–Kier alpha value is -4.16. The van der Waals surface area contributed by atoms with Crippen molar-refractivity contribution in [3.63, 3.8) is 0 Å². The second-order valence-corrected chi connectivity index (χ2v) is 10.6. The summed E-state index contributed by atoms with van der Waals surface area (Å²) in [6.07, 6.45) is 4.19. The smallest absolute Gasteiger partial charge is 0.315 e. The van der Waals surface area contributed by atoms with E-state index in [0.717, 1.165) is 24.0 Å². The molecule has 2 unspecified atom stereocenters. The molecule has 1 aliphatic carbocycles. The number of nitrogens with zero attached hydrogens (tertiary/aromatic N) is 2. The SMILES string of the molecule is C=C(C)C1CCC(C)=CC1c1c(O)cc(C(C)(C)C(=O)OCCCCO[N+](=O)[O-])cc1OC(=O)CCCO[N+](=O)[O-]. The van der Waals surface area contributed by atoms with Crippen molar-refractivity contribution in [3.05, 3.63) is 67.3 Å². The molecular weight excluding hydrogens is 540 g/mol. The maximum absolute atomic E-state index is 13.0. The molecule has 1 aromatic carbocycles. The van der Waals surface area contributed by atoms with Gasteiger partial charge in [-0.3, -0.25) is 9.59 Å².